The molecule has 1 saturated carbocycles. The first-order chi connectivity index (χ1) is 11.5. The quantitative estimate of drug-likeness (QED) is 0.921. The number of carboxylic acid groups (broad SMARTS) is 1. The maximum atomic E-state index is 13.0. The van der Waals surface area contributed by atoms with Crippen LogP contribution in [0, 0.1) is 23.6 Å². The van der Waals surface area contributed by atoms with Gasteiger partial charge in [-0.25, -0.2) is 4.39 Å². The largest absolute Gasteiger partial charge is 0.481 e. The molecule has 1 saturated heterocycles. The van der Waals surface area contributed by atoms with Crippen molar-refractivity contribution in [3.05, 3.63) is 35.6 Å². The Balaban J connectivity index is 1.49. The molecule has 1 aliphatic heterocycles. The Morgan fingerprint density at radius 2 is 1.67 bits per heavy atom. The zero-order valence-corrected chi connectivity index (χ0v) is 13.8. The van der Waals surface area contributed by atoms with E-state index in [1.807, 2.05) is 17.0 Å². The van der Waals surface area contributed by atoms with Crippen molar-refractivity contribution >= 4 is 11.9 Å². The van der Waals surface area contributed by atoms with Crippen molar-refractivity contribution in [3.63, 3.8) is 0 Å². The van der Waals surface area contributed by atoms with Gasteiger partial charge in [0, 0.05) is 19.0 Å². The standard InChI is InChI=1S/C19H24FNO3/c20-17-7-1-13(2-8-17)11-14-9-10-21(12-14)18(22)15-3-5-16(6-4-15)19(23)24/h1-2,7-8,14-16H,3-6,9-12H2,(H,23,24). The lowest BCUT2D eigenvalue weighted by atomic mass is 9.81. The van der Waals surface area contributed by atoms with Crippen LogP contribution < -0.4 is 0 Å². The van der Waals surface area contributed by atoms with Gasteiger partial charge in [-0.3, -0.25) is 9.59 Å². The number of carbonyl (C=O) groups is 2. The Morgan fingerprint density at radius 3 is 2.29 bits per heavy atom. The summed E-state index contributed by atoms with van der Waals surface area (Å²) in [7, 11) is 0. The smallest absolute Gasteiger partial charge is 0.306 e. The average Bonchev–Trinajstić information content (AvgIpc) is 3.05. The number of likely N-dealkylation sites (tertiary alicyclic amines) is 1. The zero-order chi connectivity index (χ0) is 17.1. The zero-order valence-electron chi connectivity index (χ0n) is 13.8. The number of rotatable bonds is 4. The van der Waals surface area contributed by atoms with Crippen LogP contribution in [0.15, 0.2) is 24.3 Å². The summed E-state index contributed by atoms with van der Waals surface area (Å²) < 4.78 is 13.0. The van der Waals surface area contributed by atoms with Crippen LogP contribution in [0.1, 0.15) is 37.7 Å². The number of benzene rings is 1. The van der Waals surface area contributed by atoms with E-state index >= 15 is 0 Å². The van der Waals surface area contributed by atoms with Gasteiger partial charge in [0.2, 0.25) is 5.91 Å². The molecule has 1 aliphatic carbocycles. The fourth-order valence-electron chi connectivity index (χ4n) is 4.00. The minimum atomic E-state index is -0.735. The Labute approximate surface area is 141 Å². The molecule has 0 bridgehead atoms. The molecular weight excluding hydrogens is 309 g/mol. The lowest BCUT2D eigenvalue weighted by molar-refractivity contribution is -0.145. The van der Waals surface area contributed by atoms with E-state index in [9.17, 15) is 14.0 Å². The molecule has 1 aromatic carbocycles. The van der Waals surface area contributed by atoms with E-state index in [1.165, 1.54) is 12.1 Å². The molecule has 5 heteroatoms. The van der Waals surface area contributed by atoms with Crippen molar-refractivity contribution in [2.24, 2.45) is 17.8 Å². The molecule has 0 radical (unpaired) electrons. The second kappa shape index (κ2) is 7.32. The summed E-state index contributed by atoms with van der Waals surface area (Å²) in [6.07, 6.45) is 4.45. The van der Waals surface area contributed by atoms with Gasteiger partial charge in [-0.05, 0) is 62.1 Å². The first kappa shape index (κ1) is 16.9. The monoisotopic (exact) mass is 333 g/mol. The molecule has 1 aromatic rings. The third-order valence-electron chi connectivity index (χ3n) is 5.46. The van der Waals surface area contributed by atoms with Crippen LogP contribution in [-0.4, -0.2) is 35.0 Å². The number of carbonyl (C=O) groups excluding carboxylic acids is 1. The van der Waals surface area contributed by atoms with E-state index in [2.05, 4.69) is 0 Å². The van der Waals surface area contributed by atoms with Gasteiger partial charge >= 0.3 is 5.97 Å². The van der Waals surface area contributed by atoms with Crippen molar-refractivity contribution in [1.29, 1.82) is 0 Å². The van der Waals surface area contributed by atoms with Crippen molar-refractivity contribution in [2.75, 3.05) is 13.1 Å². The van der Waals surface area contributed by atoms with Crippen LogP contribution in [0.5, 0.6) is 0 Å². The molecule has 1 N–H and O–H groups in total. The van der Waals surface area contributed by atoms with Gasteiger partial charge in [-0.15, -0.1) is 0 Å². The van der Waals surface area contributed by atoms with Crippen molar-refractivity contribution in [2.45, 2.75) is 38.5 Å². The van der Waals surface area contributed by atoms with Crippen LogP contribution in [0.25, 0.3) is 0 Å². The molecule has 2 fully saturated rings. The van der Waals surface area contributed by atoms with Crippen LogP contribution in [0.4, 0.5) is 4.39 Å². The summed E-state index contributed by atoms with van der Waals surface area (Å²) in [5.41, 5.74) is 1.11. The van der Waals surface area contributed by atoms with E-state index in [4.69, 9.17) is 5.11 Å². The molecule has 4 nitrogen and oxygen atoms in total. The molecular formula is C19H24FNO3. The Morgan fingerprint density at radius 1 is 1.04 bits per heavy atom. The summed E-state index contributed by atoms with van der Waals surface area (Å²) in [5, 5.41) is 9.05. The Hall–Kier alpha value is -1.91. The molecule has 1 unspecified atom stereocenters. The molecule has 1 atom stereocenters. The van der Waals surface area contributed by atoms with Gasteiger partial charge in [0.1, 0.15) is 5.82 Å². The van der Waals surface area contributed by atoms with Crippen LogP contribution in [0.3, 0.4) is 0 Å². The highest BCUT2D eigenvalue weighted by atomic mass is 19.1. The van der Waals surface area contributed by atoms with E-state index in [0.717, 1.165) is 31.5 Å². The van der Waals surface area contributed by atoms with E-state index in [-0.39, 0.29) is 23.6 Å². The Bertz CT molecular complexity index is 593. The molecule has 130 valence electrons. The molecule has 0 spiro atoms. The fourth-order valence-corrected chi connectivity index (χ4v) is 4.00. The summed E-state index contributed by atoms with van der Waals surface area (Å²) in [6.45, 7) is 1.54. The van der Waals surface area contributed by atoms with E-state index < -0.39 is 5.97 Å². The van der Waals surface area contributed by atoms with E-state index in [0.29, 0.717) is 31.6 Å². The average molecular weight is 333 g/mol. The van der Waals surface area contributed by atoms with Crippen LogP contribution in [-0.2, 0) is 16.0 Å². The van der Waals surface area contributed by atoms with Crippen molar-refractivity contribution in [1.82, 2.24) is 4.90 Å². The number of aliphatic carboxylic acids is 1. The maximum absolute atomic E-state index is 13.0. The van der Waals surface area contributed by atoms with Crippen molar-refractivity contribution < 1.29 is 19.1 Å². The van der Waals surface area contributed by atoms with Gasteiger partial charge in [0.15, 0.2) is 0 Å². The van der Waals surface area contributed by atoms with Crippen LogP contribution in [0.2, 0.25) is 0 Å². The summed E-state index contributed by atoms with van der Waals surface area (Å²) >= 11 is 0. The molecule has 1 heterocycles. The first-order valence-corrected chi connectivity index (χ1v) is 8.79. The summed E-state index contributed by atoms with van der Waals surface area (Å²) in [4.78, 5) is 25.6. The SMILES string of the molecule is O=C(O)C1CCC(C(=O)N2CCC(Cc3ccc(F)cc3)C2)CC1. The summed E-state index contributed by atoms with van der Waals surface area (Å²) in [6, 6.07) is 6.59. The topological polar surface area (TPSA) is 57.6 Å². The van der Waals surface area contributed by atoms with Gasteiger partial charge in [0.05, 0.1) is 5.92 Å². The molecule has 1 amide bonds. The first-order valence-electron chi connectivity index (χ1n) is 8.79. The highest BCUT2D eigenvalue weighted by Gasteiger charge is 2.34. The molecule has 24 heavy (non-hydrogen) atoms. The number of hydrogen-bond acceptors (Lipinski definition) is 2. The summed E-state index contributed by atoms with van der Waals surface area (Å²) in [5.74, 6) is -0.625. The normalized spacial score (nSPS) is 27.2. The predicted molar refractivity (Wildman–Crippen MR) is 87.9 cm³/mol. The maximum Gasteiger partial charge on any atom is 0.306 e. The highest BCUT2D eigenvalue weighted by molar-refractivity contribution is 5.79. The Kier molecular flexibility index (Phi) is 5.17. The number of carboxylic acids is 1. The van der Waals surface area contributed by atoms with Gasteiger partial charge < -0.3 is 10.0 Å². The molecule has 0 aromatic heterocycles. The number of halogens is 1. The minimum Gasteiger partial charge on any atom is -0.481 e. The van der Waals surface area contributed by atoms with Crippen molar-refractivity contribution in [3.8, 4) is 0 Å². The number of nitrogens with zero attached hydrogens (tertiary/aromatic N) is 1. The van der Waals surface area contributed by atoms with Crippen LogP contribution >= 0.6 is 0 Å². The molecule has 3 rings (SSSR count). The van der Waals surface area contributed by atoms with Gasteiger partial charge in [-0.1, -0.05) is 12.1 Å². The lowest BCUT2D eigenvalue weighted by Gasteiger charge is -2.29. The lowest BCUT2D eigenvalue weighted by Crippen LogP contribution is -2.37. The predicted octanol–water partition coefficient (Wildman–Crippen LogP) is 3.11. The third kappa shape index (κ3) is 3.94. The second-order valence-corrected chi connectivity index (χ2v) is 7.16. The molecule has 2 aliphatic rings. The highest BCUT2D eigenvalue weighted by Crippen LogP contribution is 2.32. The number of hydrogen-bond donors (Lipinski definition) is 1. The fraction of sp³-hybridized carbons (Fsp3) is 0.579. The second-order valence-electron chi connectivity index (χ2n) is 7.16. The third-order valence-corrected chi connectivity index (χ3v) is 5.46. The van der Waals surface area contributed by atoms with Gasteiger partial charge in [-0.2, -0.15) is 0 Å². The van der Waals surface area contributed by atoms with E-state index in [1.54, 1.807) is 0 Å². The van der Waals surface area contributed by atoms with Gasteiger partial charge in [0.25, 0.3) is 0 Å². The number of amides is 1. The minimum absolute atomic E-state index is 0.00910.